The third kappa shape index (κ3) is 2.74. The normalized spacial score (nSPS) is 13.6. The summed E-state index contributed by atoms with van der Waals surface area (Å²) in [5.74, 6) is 0.0421. The van der Waals surface area contributed by atoms with Crippen molar-refractivity contribution in [2.75, 3.05) is 12.4 Å². The number of H-pyrrole nitrogens is 1. The molecule has 0 amide bonds. The molecule has 3 rings (SSSR count). The molecule has 2 N–H and O–H groups in total. The molecule has 1 aliphatic carbocycles. The number of benzene rings is 1. The van der Waals surface area contributed by atoms with E-state index in [-0.39, 0.29) is 11.3 Å². The average Bonchev–Trinajstić information content (AvgIpc) is 2.47. The van der Waals surface area contributed by atoms with Crippen molar-refractivity contribution in [3.8, 4) is 5.75 Å². The summed E-state index contributed by atoms with van der Waals surface area (Å²) in [6.45, 7) is 0. The Balaban J connectivity index is 1.90. The van der Waals surface area contributed by atoms with Gasteiger partial charge in [-0.15, -0.1) is 0 Å². The molecule has 0 saturated heterocycles. The van der Waals surface area contributed by atoms with Crippen molar-refractivity contribution in [1.82, 2.24) is 9.97 Å². The molecule has 0 aliphatic heterocycles. The minimum absolute atomic E-state index is 0.115. The summed E-state index contributed by atoms with van der Waals surface area (Å²) in [5.41, 5.74) is 2.00. The quantitative estimate of drug-likeness (QED) is 0.911. The molecule has 0 fully saturated rings. The smallest absolute Gasteiger partial charge is 0.255 e. The van der Waals surface area contributed by atoms with Crippen LogP contribution in [0.25, 0.3) is 0 Å². The van der Waals surface area contributed by atoms with Gasteiger partial charge in [0.2, 0.25) is 5.95 Å². The van der Waals surface area contributed by atoms with E-state index in [4.69, 9.17) is 4.74 Å². The van der Waals surface area contributed by atoms with Gasteiger partial charge < -0.3 is 10.1 Å². The highest BCUT2D eigenvalue weighted by atomic mass is 19.1. The molecule has 1 aliphatic rings. The fourth-order valence-electron chi connectivity index (χ4n) is 2.54. The maximum absolute atomic E-state index is 13.6. The molecule has 21 heavy (non-hydrogen) atoms. The van der Waals surface area contributed by atoms with Crippen LogP contribution in [0, 0.1) is 5.82 Å². The molecule has 110 valence electrons. The summed E-state index contributed by atoms with van der Waals surface area (Å²) in [5, 5.41) is 2.92. The number of fused-ring (bicyclic) bond motifs is 1. The zero-order chi connectivity index (χ0) is 14.8. The van der Waals surface area contributed by atoms with E-state index in [0.717, 1.165) is 36.9 Å². The van der Waals surface area contributed by atoms with Gasteiger partial charge in [-0.1, -0.05) is 0 Å². The predicted molar refractivity (Wildman–Crippen MR) is 77.7 cm³/mol. The van der Waals surface area contributed by atoms with Gasteiger partial charge in [0, 0.05) is 17.3 Å². The van der Waals surface area contributed by atoms with Gasteiger partial charge in [-0.2, -0.15) is 0 Å². The van der Waals surface area contributed by atoms with Gasteiger partial charge in [0.1, 0.15) is 0 Å². The van der Waals surface area contributed by atoms with E-state index in [9.17, 15) is 9.18 Å². The molecule has 0 unspecified atom stereocenters. The number of hydrogen-bond donors (Lipinski definition) is 2. The number of aromatic nitrogens is 2. The maximum Gasteiger partial charge on any atom is 0.255 e. The van der Waals surface area contributed by atoms with Gasteiger partial charge in [0.15, 0.2) is 11.6 Å². The van der Waals surface area contributed by atoms with E-state index < -0.39 is 5.82 Å². The average molecular weight is 289 g/mol. The fourth-order valence-corrected chi connectivity index (χ4v) is 2.54. The first-order valence-corrected chi connectivity index (χ1v) is 6.90. The first-order chi connectivity index (χ1) is 10.2. The van der Waals surface area contributed by atoms with Crippen LogP contribution in [-0.2, 0) is 12.8 Å². The van der Waals surface area contributed by atoms with Crippen molar-refractivity contribution in [2.45, 2.75) is 25.7 Å². The van der Waals surface area contributed by atoms with Gasteiger partial charge in [0.25, 0.3) is 5.56 Å². The summed E-state index contributed by atoms with van der Waals surface area (Å²) in [6, 6.07) is 4.49. The molecule has 1 heterocycles. The third-order valence-electron chi connectivity index (χ3n) is 3.61. The number of aryl methyl sites for hydroxylation is 1. The Labute approximate surface area is 121 Å². The number of methoxy groups -OCH3 is 1. The molecule has 0 bridgehead atoms. The molecule has 0 saturated carbocycles. The number of rotatable bonds is 3. The number of anilines is 2. The van der Waals surface area contributed by atoms with Crippen molar-refractivity contribution in [3.05, 3.63) is 45.6 Å². The van der Waals surface area contributed by atoms with E-state index in [0.29, 0.717) is 11.6 Å². The summed E-state index contributed by atoms with van der Waals surface area (Å²) in [7, 11) is 1.41. The number of aromatic amines is 1. The number of halogens is 1. The lowest BCUT2D eigenvalue weighted by Gasteiger charge is -2.15. The summed E-state index contributed by atoms with van der Waals surface area (Å²) < 4.78 is 18.5. The van der Waals surface area contributed by atoms with Gasteiger partial charge in [-0.3, -0.25) is 9.78 Å². The molecule has 0 atom stereocenters. The third-order valence-corrected chi connectivity index (χ3v) is 3.61. The summed E-state index contributed by atoms with van der Waals surface area (Å²) in [4.78, 5) is 19.1. The molecular weight excluding hydrogens is 273 g/mol. The zero-order valence-corrected chi connectivity index (χ0v) is 11.7. The molecule has 2 aromatic rings. The Morgan fingerprint density at radius 1 is 1.33 bits per heavy atom. The Hall–Kier alpha value is -2.37. The second-order valence-electron chi connectivity index (χ2n) is 5.02. The van der Waals surface area contributed by atoms with E-state index in [1.807, 2.05) is 0 Å². The minimum atomic E-state index is -0.470. The van der Waals surface area contributed by atoms with Gasteiger partial charge in [0.05, 0.1) is 12.8 Å². The monoisotopic (exact) mass is 289 g/mol. The van der Waals surface area contributed by atoms with Crippen LogP contribution < -0.4 is 15.6 Å². The first kappa shape index (κ1) is 13.6. The van der Waals surface area contributed by atoms with Gasteiger partial charge in [-0.25, -0.2) is 9.37 Å². The largest absolute Gasteiger partial charge is 0.494 e. The van der Waals surface area contributed by atoms with Crippen molar-refractivity contribution in [3.63, 3.8) is 0 Å². The fraction of sp³-hybridized carbons (Fsp3) is 0.333. The molecule has 0 spiro atoms. The standard InChI is InChI=1S/C15H16FN3O2/c1-21-13-7-6-9(8-11(13)16)17-15-18-12-5-3-2-4-10(12)14(20)19-15/h6-8H,2-5H2,1H3,(H2,17,18,19,20). The first-order valence-electron chi connectivity index (χ1n) is 6.90. The van der Waals surface area contributed by atoms with Crippen molar-refractivity contribution >= 4 is 11.6 Å². The molecule has 1 aromatic heterocycles. The van der Waals surface area contributed by atoms with E-state index in [2.05, 4.69) is 15.3 Å². The lowest BCUT2D eigenvalue weighted by molar-refractivity contribution is 0.386. The second kappa shape index (κ2) is 5.55. The molecule has 0 radical (unpaired) electrons. The Morgan fingerprint density at radius 3 is 2.90 bits per heavy atom. The maximum atomic E-state index is 13.6. The van der Waals surface area contributed by atoms with Crippen LogP contribution in [0.4, 0.5) is 16.0 Å². The van der Waals surface area contributed by atoms with Crippen LogP contribution in [0.1, 0.15) is 24.1 Å². The van der Waals surface area contributed by atoms with Gasteiger partial charge >= 0.3 is 0 Å². The topological polar surface area (TPSA) is 67.0 Å². The Kier molecular flexibility index (Phi) is 3.60. The molecule has 5 nitrogen and oxygen atoms in total. The van der Waals surface area contributed by atoms with Gasteiger partial charge in [-0.05, 0) is 37.8 Å². The summed E-state index contributed by atoms with van der Waals surface area (Å²) >= 11 is 0. The number of hydrogen-bond acceptors (Lipinski definition) is 4. The molecule has 6 heteroatoms. The van der Waals surface area contributed by atoms with Crippen molar-refractivity contribution in [1.29, 1.82) is 0 Å². The Morgan fingerprint density at radius 2 is 2.14 bits per heavy atom. The minimum Gasteiger partial charge on any atom is -0.494 e. The predicted octanol–water partition coefficient (Wildman–Crippen LogP) is 2.54. The number of nitrogens with zero attached hydrogens (tertiary/aromatic N) is 1. The van der Waals surface area contributed by atoms with Crippen LogP contribution >= 0.6 is 0 Å². The lowest BCUT2D eigenvalue weighted by atomic mass is 9.97. The highest BCUT2D eigenvalue weighted by molar-refractivity contribution is 5.55. The molecule has 1 aromatic carbocycles. The van der Waals surface area contributed by atoms with Crippen LogP contribution in [0.5, 0.6) is 5.75 Å². The van der Waals surface area contributed by atoms with Crippen LogP contribution in [0.2, 0.25) is 0 Å². The number of ether oxygens (including phenoxy) is 1. The van der Waals surface area contributed by atoms with Crippen molar-refractivity contribution < 1.29 is 9.13 Å². The van der Waals surface area contributed by atoms with Crippen LogP contribution in [0.15, 0.2) is 23.0 Å². The second-order valence-corrected chi connectivity index (χ2v) is 5.02. The van der Waals surface area contributed by atoms with E-state index in [1.165, 1.54) is 19.2 Å². The lowest BCUT2D eigenvalue weighted by Crippen LogP contribution is -2.22. The number of nitrogens with one attached hydrogen (secondary N) is 2. The Bertz CT molecular complexity index is 727. The zero-order valence-electron chi connectivity index (χ0n) is 11.7. The van der Waals surface area contributed by atoms with E-state index >= 15 is 0 Å². The van der Waals surface area contributed by atoms with Crippen molar-refractivity contribution in [2.24, 2.45) is 0 Å². The van der Waals surface area contributed by atoms with E-state index in [1.54, 1.807) is 6.07 Å². The summed E-state index contributed by atoms with van der Waals surface area (Å²) in [6.07, 6.45) is 3.65. The van der Waals surface area contributed by atoms with Crippen LogP contribution in [-0.4, -0.2) is 17.1 Å². The SMILES string of the molecule is COc1ccc(Nc2nc3c(c(=O)[nH]2)CCCC3)cc1F. The highest BCUT2D eigenvalue weighted by Gasteiger charge is 2.15. The van der Waals surface area contributed by atoms with Crippen LogP contribution in [0.3, 0.4) is 0 Å². The molecular formula is C15H16FN3O2. The highest BCUT2D eigenvalue weighted by Crippen LogP contribution is 2.23.